The normalized spacial score (nSPS) is 16.9. The van der Waals surface area contributed by atoms with Crippen molar-refractivity contribution >= 4 is 28.2 Å². The first-order valence-electron chi connectivity index (χ1n) is 5.66. The molecule has 1 N–H and O–H groups in total. The highest BCUT2D eigenvalue weighted by atomic mass is 35.5. The molecule has 0 bridgehead atoms. The van der Waals surface area contributed by atoms with Gasteiger partial charge in [0, 0.05) is 40.8 Å². The molecule has 1 heterocycles. The Morgan fingerprint density at radius 3 is 2.76 bits per heavy atom. The minimum absolute atomic E-state index is 0.481. The van der Waals surface area contributed by atoms with Crippen LogP contribution in [0.2, 0.25) is 5.15 Å². The van der Waals surface area contributed by atoms with Crippen molar-refractivity contribution in [2.24, 2.45) is 0 Å². The summed E-state index contributed by atoms with van der Waals surface area (Å²) in [6, 6.07) is 0. The molecule has 0 spiro atoms. The summed E-state index contributed by atoms with van der Waals surface area (Å²) in [5, 5.41) is 3.70. The Morgan fingerprint density at radius 2 is 2.18 bits per heavy atom. The van der Waals surface area contributed by atoms with Gasteiger partial charge < -0.3 is 5.32 Å². The lowest BCUT2D eigenvalue weighted by Crippen LogP contribution is -2.13. The van der Waals surface area contributed by atoms with E-state index in [1.165, 1.54) is 0 Å². The molecule has 94 valence electrons. The standard InChI is InChI=1S/C11H16ClN3OS/c1-7-9(12)14-11(8-3-4-8)15-10(7)13-5-6-17(2)16/h8H,3-6H2,1-2H3,(H,13,14,15). The van der Waals surface area contributed by atoms with Gasteiger partial charge in [-0.15, -0.1) is 0 Å². The molecule has 1 aliphatic rings. The van der Waals surface area contributed by atoms with Gasteiger partial charge in [-0.1, -0.05) is 11.6 Å². The number of rotatable bonds is 5. The highest BCUT2D eigenvalue weighted by Crippen LogP contribution is 2.39. The maximum absolute atomic E-state index is 11.0. The Kier molecular flexibility index (Phi) is 3.99. The SMILES string of the molecule is Cc1c(Cl)nc(C2CC2)nc1NCCS(C)=O. The molecule has 1 aromatic heterocycles. The Bertz CT molecular complexity index is 449. The third-order valence-corrected chi connectivity index (χ3v) is 3.88. The van der Waals surface area contributed by atoms with E-state index in [0.29, 0.717) is 23.4 Å². The topological polar surface area (TPSA) is 54.9 Å². The second-order valence-corrected chi connectivity index (χ2v) is 6.24. The van der Waals surface area contributed by atoms with E-state index in [1.807, 2.05) is 6.92 Å². The Hall–Kier alpha value is -0.680. The lowest BCUT2D eigenvalue weighted by molar-refractivity contribution is 0.687. The van der Waals surface area contributed by atoms with Crippen LogP contribution in [0.25, 0.3) is 0 Å². The highest BCUT2D eigenvalue weighted by molar-refractivity contribution is 7.84. The van der Waals surface area contributed by atoms with Crippen molar-refractivity contribution in [3.05, 3.63) is 16.5 Å². The third kappa shape index (κ3) is 3.39. The zero-order valence-corrected chi connectivity index (χ0v) is 11.6. The first kappa shape index (κ1) is 12.8. The summed E-state index contributed by atoms with van der Waals surface area (Å²) in [4.78, 5) is 8.78. The first-order valence-corrected chi connectivity index (χ1v) is 7.76. The van der Waals surface area contributed by atoms with E-state index < -0.39 is 10.8 Å². The van der Waals surface area contributed by atoms with Crippen LogP contribution in [0.15, 0.2) is 0 Å². The predicted molar refractivity (Wildman–Crippen MR) is 71.2 cm³/mol. The van der Waals surface area contributed by atoms with Gasteiger partial charge in [-0.2, -0.15) is 0 Å². The molecule has 0 radical (unpaired) electrons. The Balaban J connectivity index is 2.11. The minimum Gasteiger partial charge on any atom is -0.369 e. The predicted octanol–water partition coefficient (Wildman–Crippen LogP) is 2.11. The van der Waals surface area contributed by atoms with Crippen LogP contribution in [0.5, 0.6) is 0 Å². The maximum atomic E-state index is 11.0. The molecule has 4 nitrogen and oxygen atoms in total. The molecule has 2 rings (SSSR count). The number of hydrogen-bond acceptors (Lipinski definition) is 4. The van der Waals surface area contributed by atoms with Crippen LogP contribution in [0.1, 0.15) is 30.1 Å². The molecule has 1 aliphatic carbocycles. The van der Waals surface area contributed by atoms with Crippen LogP contribution in [0, 0.1) is 6.92 Å². The second-order valence-electron chi connectivity index (χ2n) is 4.32. The van der Waals surface area contributed by atoms with E-state index in [-0.39, 0.29) is 0 Å². The minimum atomic E-state index is -0.792. The van der Waals surface area contributed by atoms with E-state index >= 15 is 0 Å². The van der Waals surface area contributed by atoms with Gasteiger partial charge in [0.25, 0.3) is 0 Å². The summed E-state index contributed by atoms with van der Waals surface area (Å²) in [7, 11) is -0.792. The Morgan fingerprint density at radius 1 is 1.47 bits per heavy atom. The monoisotopic (exact) mass is 273 g/mol. The van der Waals surface area contributed by atoms with Crippen LogP contribution < -0.4 is 5.32 Å². The summed E-state index contributed by atoms with van der Waals surface area (Å²) < 4.78 is 11.0. The molecule has 6 heteroatoms. The van der Waals surface area contributed by atoms with Crippen molar-refractivity contribution in [1.29, 1.82) is 0 Å². The lowest BCUT2D eigenvalue weighted by Gasteiger charge is -2.10. The van der Waals surface area contributed by atoms with E-state index in [1.54, 1.807) is 6.26 Å². The van der Waals surface area contributed by atoms with Crippen LogP contribution >= 0.6 is 11.6 Å². The van der Waals surface area contributed by atoms with E-state index in [4.69, 9.17) is 11.6 Å². The van der Waals surface area contributed by atoms with Gasteiger partial charge in [-0.3, -0.25) is 4.21 Å². The number of hydrogen-bond donors (Lipinski definition) is 1. The van der Waals surface area contributed by atoms with Crippen LogP contribution in [-0.4, -0.2) is 32.7 Å². The van der Waals surface area contributed by atoms with Crippen LogP contribution in [0.4, 0.5) is 5.82 Å². The summed E-state index contributed by atoms with van der Waals surface area (Å²) in [6.45, 7) is 2.53. The van der Waals surface area contributed by atoms with Crippen LogP contribution in [-0.2, 0) is 10.8 Å². The number of aromatic nitrogens is 2. The van der Waals surface area contributed by atoms with E-state index in [9.17, 15) is 4.21 Å². The van der Waals surface area contributed by atoms with Crippen LogP contribution in [0.3, 0.4) is 0 Å². The zero-order chi connectivity index (χ0) is 12.4. The molecular weight excluding hydrogens is 258 g/mol. The molecule has 1 unspecified atom stereocenters. The molecule has 0 aromatic carbocycles. The van der Waals surface area contributed by atoms with Gasteiger partial charge in [0.2, 0.25) is 0 Å². The molecule has 1 saturated carbocycles. The number of nitrogens with zero attached hydrogens (tertiary/aromatic N) is 2. The highest BCUT2D eigenvalue weighted by Gasteiger charge is 2.27. The fourth-order valence-corrected chi connectivity index (χ4v) is 2.08. The molecular formula is C11H16ClN3OS. The second kappa shape index (κ2) is 5.31. The lowest BCUT2D eigenvalue weighted by atomic mass is 10.3. The average molecular weight is 274 g/mol. The number of anilines is 1. The summed E-state index contributed by atoms with van der Waals surface area (Å²) in [6.07, 6.45) is 3.99. The van der Waals surface area contributed by atoms with Gasteiger partial charge in [-0.05, 0) is 19.8 Å². The van der Waals surface area contributed by atoms with Gasteiger partial charge >= 0.3 is 0 Å². The average Bonchev–Trinajstić information content (AvgIpc) is 3.07. The quantitative estimate of drug-likeness (QED) is 0.835. The van der Waals surface area contributed by atoms with Crippen molar-refractivity contribution in [2.45, 2.75) is 25.7 Å². The Labute approximate surface area is 109 Å². The molecule has 1 atom stereocenters. The van der Waals surface area contributed by atoms with Gasteiger partial charge in [0.05, 0.1) is 0 Å². The molecule has 17 heavy (non-hydrogen) atoms. The smallest absolute Gasteiger partial charge is 0.137 e. The van der Waals surface area contributed by atoms with Crippen molar-refractivity contribution in [1.82, 2.24) is 9.97 Å². The summed E-state index contributed by atoms with van der Waals surface area (Å²) in [5.41, 5.74) is 0.859. The fourth-order valence-electron chi connectivity index (χ4n) is 1.51. The zero-order valence-electron chi connectivity index (χ0n) is 9.99. The van der Waals surface area contributed by atoms with Crippen molar-refractivity contribution < 1.29 is 4.21 Å². The van der Waals surface area contributed by atoms with Crippen molar-refractivity contribution in [3.63, 3.8) is 0 Å². The molecule has 0 amide bonds. The van der Waals surface area contributed by atoms with Crippen molar-refractivity contribution in [2.75, 3.05) is 23.9 Å². The van der Waals surface area contributed by atoms with E-state index in [2.05, 4.69) is 15.3 Å². The summed E-state index contributed by atoms with van der Waals surface area (Å²) in [5.74, 6) is 2.70. The van der Waals surface area contributed by atoms with Gasteiger partial charge in [-0.25, -0.2) is 9.97 Å². The van der Waals surface area contributed by atoms with Gasteiger partial charge in [0.1, 0.15) is 16.8 Å². The molecule has 1 fully saturated rings. The fraction of sp³-hybridized carbons (Fsp3) is 0.636. The van der Waals surface area contributed by atoms with Crippen molar-refractivity contribution in [3.8, 4) is 0 Å². The maximum Gasteiger partial charge on any atom is 0.137 e. The third-order valence-electron chi connectivity index (χ3n) is 2.73. The first-order chi connectivity index (χ1) is 8.08. The number of halogens is 1. The molecule has 0 saturated heterocycles. The summed E-state index contributed by atoms with van der Waals surface area (Å²) >= 11 is 6.08. The number of nitrogens with one attached hydrogen (secondary N) is 1. The molecule has 0 aliphatic heterocycles. The molecule has 1 aromatic rings. The van der Waals surface area contributed by atoms with Gasteiger partial charge in [0.15, 0.2) is 0 Å². The van der Waals surface area contributed by atoms with E-state index in [0.717, 1.165) is 30.0 Å². The largest absolute Gasteiger partial charge is 0.369 e.